The quantitative estimate of drug-likeness (QED) is 0.728. The Morgan fingerprint density at radius 1 is 1.32 bits per heavy atom. The number of carbonyl (C=O) groups excluding carboxylic acids is 1. The molecule has 0 unspecified atom stereocenters. The molecule has 0 saturated heterocycles. The molecule has 1 amide bonds. The second-order valence-electron chi connectivity index (χ2n) is 4.56. The van der Waals surface area contributed by atoms with Gasteiger partial charge in [0.1, 0.15) is 5.75 Å². The first-order valence-corrected chi connectivity index (χ1v) is 7.83. The molecular formula is C17H15BrClNO2. The summed E-state index contributed by atoms with van der Waals surface area (Å²) in [5.74, 6) is 0.414. The van der Waals surface area contributed by atoms with Gasteiger partial charge in [-0.05, 0) is 36.2 Å². The van der Waals surface area contributed by atoms with Crippen LogP contribution in [0, 0.1) is 0 Å². The van der Waals surface area contributed by atoms with Crippen LogP contribution in [0.2, 0.25) is 5.02 Å². The van der Waals surface area contributed by atoms with Crippen molar-refractivity contribution in [2.24, 2.45) is 0 Å². The maximum Gasteiger partial charge on any atom is 0.262 e. The van der Waals surface area contributed by atoms with Crippen LogP contribution in [-0.4, -0.2) is 12.5 Å². The first-order chi connectivity index (χ1) is 10.6. The Morgan fingerprint density at radius 3 is 2.82 bits per heavy atom. The van der Waals surface area contributed by atoms with Gasteiger partial charge in [0.15, 0.2) is 6.61 Å². The van der Waals surface area contributed by atoms with Crippen LogP contribution in [0.5, 0.6) is 5.75 Å². The van der Waals surface area contributed by atoms with Gasteiger partial charge in [-0.25, -0.2) is 0 Å². The van der Waals surface area contributed by atoms with E-state index in [0.717, 1.165) is 10.0 Å². The van der Waals surface area contributed by atoms with E-state index in [-0.39, 0.29) is 12.5 Å². The van der Waals surface area contributed by atoms with Crippen molar-refractivity contribution in [1.82, 2.24) is 0 Å². The number of benzene rings is 2. The summed E-state index contributed by atoms with van der Waals surface area (Å²) in [6.45, 7) is 3.63. The molecule has 0 bridgehead atoms. The fourth-order valence-electron chi connectivity index (χ4n) is 1.89. The zero-order valence-electron chi connectivity index (χ0n) is 11.8. The first kappa shape index (κ1) is 16.6. The summed E-state index contributed by atoms with van der Waals surface area (Å²) in [4.78, 5) is 12.0. The number of halogens is 2. The van der Waals surface area contributed by atoms with Crippen LogP contribution < -0.4 is 10.1 Å². The van der Waals surface area contributed by atoms with Gasteiger partial charge in [-0.1, -0.05) is 51.8 Å². The highest BCUT2D eigenvalue weighted by molar-refractivity contribution is 9.10. The monoisotopic (exact) mass is 379 g/mol. The molecule has 0 heterocycles. The molecule has 2 rings (SSSR count). The molecule has 0 aliphatic rings. The third-order valence-corrected chi connectivity index (χ3v) is 3.71. The van der Waals surface area contributed by atoms with Gasteiger partial charge in [0.2, 0.25) is 0 Å². The van der Waals surface area contributed by atoms with Crippen molar-refractivity contribution >= 4 is 39.1 Å². The molecule has 114 valence electrons. The minimum absolute atomic E-state index is 0.0828. The number of nitrogens with one attached hydrogen (secondary N) is 1. The van der Waals surface area contributed by atoms with E-state index >= 15 is 0 Å². The van der Waals surface area contributed by atoms with E-state index < -0.39 is 0 Å². The number of rotatable bonds is 6. The average molecular weight is 381 g/mol. The lowest BCUT2D eigenvalue weighted by Crippen LogP contribution is -2.20. The lowest BCUT2D eigenvalue weighted by molar-refractivity contribution is -0.118. The van der Waals surface area contributed by atoms with Crippen LogP contribution in [0.15, 0.2) is 59.6 Å². The lowest BCUT2D eigenvalue weighted by atomic mass is 10.1. The number of hydrogen-bond acceptors (Lipinski definition) is 2. The summed E-state index contributed by atoms with van der Waals surface area (Å²) in [7, 11) is 0. The van der Waals surface area contributed by atoms with E-state index in [1.807, 2.05) is 30.3 Å². The molecule has 0 aliphatic carbocycles. The fraction of sp³-hybridized carbons (Fsp3) is 0.118. The van der Waals surface area contributed by atoms with Crippen LogP contribution in [0.3, 0.4) is 0 Å². The van der Waals surface area contributed by atoms with Gasteiger partial charge in [-0.3, -0.25) is 4.79 Å². The Hall–Kier alpha value is -1.78. The summed E-state index contributed by atoms with van der Waals surface area (Å²) in [6, 6.07) is 12.8. The lowest BCUT2D eigenvalue weighted by Gasteiger charge is -2.11. The number of anilines is 1. The van der Waals surface area contributed by atoms with E-state index in [0.29, 0.717) is 22.9 Å². The van der Waals surface area contributed by atoms with Crippen molar-refractivity contribution in [3.05, 3.63) is 70.2 Å². The Bertz CT molecular complexity index is 688. The van der Waals surface area contributed by atoms with Gasteiger partial charge in [-0.2, -0.15) is 0 Å². The van der Waals surface area contributed by atoms with E-state index in [1.54, 1.807) is 18.2 Å². The van der Waals surface area contributed by atoms with Gasteiger partial charge in [0, 0.05) is 4.47 Å². The molecule has 2 aromatic rings. The van der Waals surface area contributed by atoms with Crippen molar-refractivity contribution in [1.29, 1.82) is 0 Å². The SMILES string of the molecule is C=CCc1ccccc1OCC(=O)Nc1ccc(Br)cc1Cl. The third kappa shape index (κ3) is 4.61. The maximum absolute atomic E-state index is 12.0. The van der Waals surface area contributed by atoms with E-state index in [4.69, 9.17) is 16.3 Å². The normalized spacial score (nSPS) is 10.1. The molecule has 2 aromatic carbocycles. The highest BCUT2D eigenvalue weighted by atomic mass is 79.9. The number of allylic oxidation sites excluding steroid dienone is 1. The largest absolute Gasteiger partial charge is 0.483 e. The zero-order valence-corrected chi connectivity index (χ0v) is 14.2. The fourth-order valence-corrected chi connectivity index (χ4v) is 2.61. The number of carbonyl (C=O) groups is 1. The van der Waals surface area contributed by atoms with Crippen LogP contribution in [0.4, 0.5) is 5.69 Å². The number of para-hydroxylation sites is 1. The number of ether oxygens (including phenoxy) is 1. The van der Waals surface area contributed by atoms with Gasteiger partial charge >= 0.3 is 0 Å². The minimum Gasteiger partial charge on any atom is -0.483 e. The zero-order chi connectivity index (χ0) is 15.9. The van der Waals surface area contributed by atoms with Gasteiger partial charge in [0.25, 0.3) is 5.91 Å². The molecule has 0 spiro atoms. The molecule has 1 N–H and O–H groups in total. The second-order valence-corrected chi connectivity index (χ2v) is 5.88. The maximum atomic E-state index is 12.0. The number of amides is 1. The summed E-state index contributed by atoms with van der Waals surface area (Å²) in [6.07, 6.45) is 2.49. The Labute approximate surface area is 143 Å². The predicted octanol–water partition coefficient (Wildman–Crippen LogP) is 4.85. The van der Waals surface area contributed by atoms with Crippen molar-refractivity contribution in [3.63, 3.8) is 0 Å². The molecule has 0 aromatic heterocycles. The first-order valence-electron chi connectivity index (χ1n) is 6.66. The van der Waals surface area contributed by atoms with Crippen LogP contribution in [0.1, 0.15) is 5.56 Å². The predicted molar refractivity (Wildman–Crippen MR) is 93.6 cm³/mol. The summed E-state index contributed by atoms with van der Waals surface area (Å²) >= 11 is 9.38. The van der Waals surface area contributed by atoms with Gasteiger partial charge in [-0.15, -0.1) is 6.58 Å². The molecule has 0 atom stereocenters. The van der Waals surface area contributed by atoms with Crippen molar-refractivity contribution in [3.8, 4) is 5.75 Å². The number of hydrogen-bond donors (Lipinski definition) is 1. The van der Waals surface area contributed by atoms with E-state index in [1.165, 1.54) is 0 Å². The van der Waals surface area contributed by atoms with Crippen molar-refractivity contribution in [2.75, 3.05) is 11.9 Å². The average Bonchev–Trinajstić information content (AvgIpc) is 2.49. The summed E-state index contributed by atoms with van der Waals surface area (Å²) in [5.41, 5.74) is 1.55. The third-order valence-electron chi connectivity index (χ3n) is 2.90. The molecule has 0 aliphatic heterocycles. The summed E-state index contributed by atoms with van der Waals surface area (Å²) < 4.78 is 6.43. The second kappa shape index (κ2) is 8.01. The molecule has 0 fully saturated rings. The van der Waals surface area contributed by atoms with Crippen LogP contribution >= 0.6 is 27.5 Å². The summed E-state index contributed by atoms with van der Waals surface area (Å²) in [5, 5.41) is 3.19. The van der Waals surface area contributed by atoms with Gasteiger partial charge in [0.05, 0.1) is 10.7 Å². The Balaban J connectivity index is 1.97. The van der Waals surface area contributed by atoms with E-state index in [9.17, 15) is 4.79 Å². The van der Waals surface area contributed by atoms with Crippen molar-refractivity contribution in [2.45, 2.75) is 6.42 Å². The molecule has 22 heavy (non-hydrogen) atoms. The molecule has 0 radical (unpaired) electrons. The molecule has 3 nitrogen and oxygen atoms in total. The van der Waals surface area contributed by atoms with Gasteiger partial charge < -0.3 is 10.1 Å². The van der Waals surface area contributed by atoms with Crippen molar-refractivity contribution < 1.29 is 9.53 Å². The highest BCUT2D eigenvalue weighted by Gasteiger charge is 2.08. The minimum atomic E-state index is -0.266. The standard InChI is InChI=1S/C17H15BrClNO2/c1-2-5-12-6-3-4-7-16(12)22-11-17(21)20-15-9-8-13(18)10-14(15)19/h2-4,6-10H,1,5,11H2,(H,20,21). The van der Waals surface area contributed by atoms with E-state index in [2.05, 4.69) is 27.8 Å². The molecular weight excluding hydrogens is 366 g/mol. The van der Waals surface area contributed by atoms with Crippen LogP contribution in [0.25, 0.3) is 0 Å². The topological polar surface area (TPSA) is 38.3 Å². The molecule has 0 saturated carbocycles. The highest BCUT2D eigenvalue weighted by Crippen LogP contribution is 2.25. The smallest absolute Gasteiger partial charge is 0.262 e. The Morgan fingerprint density at radius 2 is 2.09 bits per heavy atom. The molecule has 5 heteroatoms. The van der Waals surface area contributed by atoms with Crippen LogP contribution in [-0.2, 0) is 11.2 Å². The Kier molecular flexibility index (Phi) is 6.04.